The molecule has 2 aromatic carbocycles. The third-order valence-electron chi connectivity index (χ3n) is 6.65. The molecule has 0 N–H and O–H groups in total. The van der Waals surface area contributed by atoms with Crippen molar-refractivity contribution in [3.8, 4) is 22.6 Å². The molecule has 2 aliphatic rings. The molecule has 0 aliphatic carbocycles. The van der Waals surface area contributed by atoms with Gasteiger partial charge in [-0.25, -0.2) is 0 Å². The van der Waals surface area contributed by atoms with E-state index < -0.39 is 0 Å². The summed E-state index contributed by atoms with van der Waals surface area (Å²) in [6.45, 7) is 5.99. The van der Waals surface area contributed by atoms with E-state index in [1.54, 1.807) is 0 Å². The molecule has 6 heteroatoms. The molecule has 1 saturated heterocycles. The zero-order valence-electron chi connectivity index (χ0n) is 19.8. The predicted molar refractivity (Wildman–Crippen MR) is 136 cm³/mol. The molecule has 0 amide bonds. The van der Waals surface area contributed by atoms with E-state index in [0.29, 0.717) is 19.1 Å². The van der Waals surface area contributed by atoms with Gasteiger partial charge in [0, 0.05) is 48.9 Å². The van der Waals surface area contributed by atoms with Crippen LogP contribution in [-0.2, 0) is 13.1 Å². The fourth-order valence-corrected chi connectivity index (χ4v) is 5.14. The van der Waals surface area contributed by atoms with Crippen molar-refractivity contribution in [1.29, 1.82) is 0 Å². The lowest BCUT2D eigenvalue weighted by Gasteiger charge is -2.29. The summed E-state index contributed by atoms with van der Waals surface area (Å²) in [6, 6.07) is 18.4. The zero-order chi connectivity index (χ0) is 23.3. The van der Waals surface area contributed by atoms with E-state index in [1.165, 1.54) is 19.4 Å². The predicted octanol–water partition coefficient (Wildman–Crippen LogP) is 5.52. The maximum atomic E-state index is 6.48. The number of aromatic nitrogens is 1. The van der Waals surface area contributed by atoms with Crippen LogP contribution in [0.2, 0.25) is 5.02 Å². The maximum Gasteiger partial charge on any atom is 0.165 e. The van der Waals surface area contributed by atoms with Crippen molar-refractivity contribution in [3.05, 3.63) is 77.1 Å². The zero-order valence-corrected chi connectivity index (χ0v) is 20.5. The van der Waals surface area contributed by atoms with Gasteiger partial charge < -0.3 is 14.4 Å². The van der Waals surface area contributed by atoms with Crippen molar-refractivity contribution in [2.75, 3.05) is 39.9 Å². The van der Waals surface area contributed by atoms with E-state index in [2.05, 4.69) is 46.1 Å². The highest BCUT2D eigenvalue weighted by Gasteiger charge is 2.23. The third kappa shape index (κ3) is 5.72. The maximum absolute atomic E-state index is 6.48. The first-order valence-corrected chi connectivity index (χ1v) is 12.5. The van der Waals surface area contributed by atoms with Crippen LogP contribution in [-0.4, -0.2) is 54.7 Å². The van der Waals surface area contributed by atoms with Crippen LogP contribution in [0.15, 0.2) is 60.8 Å². The Labute approximate surface area is 207 Å². The van der Waals surface area contributed by atoms with Crippen molar-refractivity contribution in [2.24, 2.45) is 5.92 Å². The summed E-state index contributed by atoms with van der Waals surface area (Å²) >= 11 is 6.32. The first-order valence-electron chi connectivity index (χ1n) is 12.1. The van der Waals surface area contributed by atoms with Crippen LogP contribution in [0.25, 0.3) is 11.1 Å². The number of halogens is 1. The molecule has 178 valence electrons. The van der Waals surface area contributed by atoms with Gasteiger partial charge in [0.15, 0.2) is 11.5 Å². The molecular formula is C28H32ClN3O2. The minimum atomic E-state index is 0.538. The number of nitrogens with zero attached hydrogens (tertiary/aromatic N) is 3. The number of pyridine rings is 1. The van der Waals surface area contributed by atoms with Crippen molar-refractivity contribution in [2.45, 2.75) is 25.9 Å². The van der Waals surface area contributed by atoms with Crippen molar-refractivity contribution < 1.29 is 9.47 Å². The summed E-state index contributed by atoms with van der Waals surface area (Å²) in [7, 11) is 2.19. The molecule has 0 spiro atoms. The fourth-order valence-electron chi connectivity index (χ4n) is 4.95. The topological polar surface area (TPSA) is 37.8 Å². The van der Waals surface area contributed by atoms with Crippen molar-refractivity contribution in [3.63, 3.8) is 0 Å². The average molecular weight is 478 g/mol. The summed E-state index contributed by atoms with van der Waals surface area (Å²) in [5, 5.41) is 0.730. The van der Waals surface area contributed by atoms with Gasteiger partial charge in [-0.3, -0.25) is 9.88 Å². The van der Waals surface area contributed by atoms with Gasteiger partial charge in [-0.15, -0.1) is 0 Å². The molecule has 5 nitrogen and oxygen atoms in total. The number of hydrogen-bond donors (Lipinski definition) is 0. The number of piperidine rings is 1. The Morgan fingerprint density at radius 2 is 2.03 bits per heavy atom. The minimum absolute atomic E-state index is 0.538. The summed E-state index contributed by atoms with van der Waals surface area (Å²) in [5.41, 5.74) is 4.38. The Kier molecular flexibility index (Phi) is 7.33. The highest BCUT2D eigenvalue weighted by atomic mass is 35.5. The minimum Gasteiger partial charge on any atom is -0.489 e. The molecule has 34 heavy (non-hydrogen) atoms. The van der Waals surface area contributed by atoms with Gasteiger partial charge in [0.25, 0.3) is 0 Å². The lowest BCUT2D eigenvalue weighted by Crippen LogP contribution is -2.34. The van der Waals surface area contributed by atoms with Crippen LogP contribution in [0.5, 0.6) is 11.5 Å². The first-order chi connectivity index (χ1) is 16.6. The van der Waals surface area contributed by atoms with E-state index in [4.69, 9.17) is 21.1 Å². The molecule has 0 radical (unpaired) electrons. The molecular weight excluding hydrogens is 446 g/mol. The van der Waals surface area contributed by atoms with Crippen LogP contribution in [0.4, 0.5) is 0 Å². The normalized spacial score (nSPS) is 19.2. The number of benzene rings is 2. The van der Waals surface area contributed by atoms with Gasteiger partial charge in [-0.2, -0.15) is 0 Å². The highest BCUT2D eigenvalue weighted by molar-refractivity contribution is 6.30. The summed E-state index contributed by atoms with van der Waals surface area (Å²) in [5.74, 6) is 2.24. The molecule has 5 rings (SSSR count). The Hall–Kier alpha value is -2.60. The van der Waals surface area contributed by atoms with E-state index in [9.17, 15) is 0 Å². The van der Waals surface area contributed by atoms with E-state index in [-0.39, 0.29) is 0 Å². The van der Waals surface area contributed by atoms with Gasteiger partial charge in [-0.05, 0) is 74.0 Å². The van der Waals surface area contributed by atoms with Gasteiger partial charge >= 0.3 is 0 Å². The van der Waals surface area contributed by atoms with Crippen LogP contribution >= 0.6 is 11.6 Å². The molecule has 1 unspecified atom stereocenters. The smallest absolute Gasteiger partial charge is 0.165 e. The third-order valence-corrected chi connectivity index (χ3v) is 6.88. The number of ether oxygens (including phenoxy) is 2. The largest absolute Gasteiger partial charge is 0.489 e. The summed E-state index contributed by atoms with van der Waals surface area (Å²) in [4.78, 5) is 9.29. The number of fused-ring (bicyclic) bond motifs is 1. The molecule has 0 saturated carbocycles. The van der Waals surface area contributed by atoms with Gasteiger partial charge in [0.1, 0.15) is 6.61 Å². The highest BCUT2D eigenvalue weighted by Crippen LogP contribution is 2.39. The standard InChI is InChI=1S/C28H32ClN3O2/c1-31-11-5-6-21(17-31)20-34-27-16-23(22-7-4-8-25(29)15-22)14-24-18-32(12-13-33-28(24)27)19-26-9-2-3-10-30-26/h2-4,7-10,14-16,21H,5-6,11-13,17-20H2,1H3. The van der Waals surface area contributed by atoms with Gasteiger partial charge in [0.05, 0.1) is 12.3 Å². The molecule has 1 aromatic heterocycles. The summed E-state index contributed by atoms with van der Waals surface area (Å²) < 4.78 is 12.8. The van der Waals surface area contributed by atoms with Crippen LogP contribution in [0.1, 0.15) is 24.1 Å². The van der Waals surface area contributed by atoms with Crippen LogP contribution in [0.3, 0.4) is 0 Å². The van der Waals surface area contributed by atoms with Gasteiger partial charge in [0.2, 0.25) is 0 Å². The molecule has 1 atom stereocenters. The SMILES string of the molecule is CN1CCCC(COc2cc(-c3cccc(Cl)c3)cc3c2OCCN(Cc2ccccn2)C3)C1. The second-order valence-electron chi connectivity index (χ2n) is 9.43. The number of rotatable bonds is 6. The van der Waals surface area contributed by atoms with Crippen LogP contribution < -0.4 is 9.47 Å². The Morgan fingerprint density at radius 1 is 1.09 bits per heavy atom. The lowest BCUT2D eigenvalue weighted by molar-refractivity contribution is 0.146. The van der Waals surface area contributed by atoms with E-state index in [0.717, 1.165) is 65.1 Å². The van der Waals surface area contributed by atoms with E-state index >= 15 is 0 Å². The first kappa shape index (κ1) is 23.2. The van der Waals surface area contributed by atoms with Crippen molar-refractivity contribution in [1.82, 2.24) is 14.8 Å². The number of hydrogen-bond acceptors (Lipinski definition) is 5. The monoisotopic (exact) mass is 477 g/mol. The van der Waals surface area contributed by atoms with E-state index in [1.807, 2.05) is 36.5 Å². The molecule has 2 aliphatic heterocycles. The summed E-state index contributed by atoms with van der Waals surface area (Å²) in [6.07, 6.45) is 4.28. The Morgan fingerprint density at radius 3 is 2.85 bits per heavy atom. The fraction of sp³-hybridized carbons (Fsp3) is 0.393. The number of likely N-dealkylation sites (tertiary alicyclic amines) is 1. The molecule has 3 aromatic rings. The van der Waals surface area contributed by atoms with Crippen molar-refractivity contribution >= 4 is 11.6 Å². The van der Waals surface area contributed by atoms with Crippen LogP contribution in [0, 0.1) is 5.92 Å². The second-order valence-corrected chi connectivity index (χ2v) is 9.87. The lowest BCUT2D eigenvalue weighted by atomic mass is 9.99. The average Bonchev–Trinajstić information content (AvgIpc) is 3.05. The Balaban J connectivity index is 1.44. The molecule has 1 fully saturated rings. The quantitative estimate of drug-likeness (QED) is 0.467. The molecule has 3 heterocycles. The molecule has 0 bridgehead atoms. The Bertz CT molecular complexity index is 1110. The second kappa shape index (κ2) is 10.8. The van der Waals surface area contributed by atoms with Gasteiger partial charge in [-0.1, -0.05) is 29.8 Å².